The van der Waals surface area contributed by atoms with Crippen molar-refractivity contribution in [3.05, 3.63) is 58.6 Å². The van der Waals surface area contributed by atoms with Crippen LogP contribution < -0.4 is 11.0 Å². The Bertz CT molecular complexity index is 882. The second-order valence-corrected chi connectivity index (χ2v) is 6.02. The highest BCUT2D eigenvalue weighted by Crippen LogP contribution is 2.29. The molecule has 1 aliphatic rings. The second kappa shape index (κ2) is 8.11. The van der Waals surface area contributed by atoms with Crippen LogP contribution in [0.25, 0.3) is 0 Å². The molecule has 0 spiro atoms. The van der Waals surface area contributed by atoms with Gasteiger partial charge in [-0.2, -0.15) is 4.98 Å². The number of benzene rings is 1. The van der Waals surface area contributed by atoms with Gasteiger partial charge in [0.05, 0.1) is 6.61 Å². The van der Waals surface area contributed by atoms with Crippen molar-refractivity contribution >= 4 is 17.7 Å². The van der Waals surface area contributed by atoms with Crippen LogP contribution in [0.2, 0.25) is 0 Å². The molecule has 0 unspecified atom stereocenters. The lowest BCUT2D eigenvalue weighted by atomic mass is 10.2. The van der Waals surface area contributed by atoms with E-state index in [1.807, 2.05) is 0 Å². The van der Waals surface area contributed by atoms with Gasteiger partial charge in [0, 0.05) is 25.1 Å². The van der Waals surface area contributed by atoms with Crippen LogP contribution in [0.15, 0.2) is 47.4 Å². The zero-order valence-electron chi connectivity index (χ0n) is 14.6. The first-order valence-corrected chi connectivity index (χ1v) is 8.37. The zero-order chi connectivity index (χ0) is 19.4. The Hall–Kier alpha value is -3.04. The standard InChI is InChI=1S/C18H19N3O6/c1-11(23)26-13-9-16(27-14(13)10-22)21-8-7-15(20-18(21)25)19-17(24)12-5-3-2-4-6-12/h2-8,13-14,16,22H,9-10H2,1H3,(H,19,20,24,25)/t13-,14+,16-/m0/s1. The first-order valence-electron chi connectivity index (χ1n) is 8.37. The lowest BCUT2D eigenvalue weighted by Gasteiger charge is -2.15. The molecule has 142 valence electrons. The molecule has 2 N–H and O–H groups in total. The number of anilines is 1. The summed E-state index contributed by atoms with van der Waals surface area (Å²) < 4.78 is 11.9. The van der Waals surface area contributed by atoms with Crippen LogP contribution in [-0.2, 0) is 14.3 Å². The molecule has 9 nitrogen and oxygen atoms in total. The molecule has 3 atom stereocenters. The van der Waals surface area contributed by atoms with E-state index in [1.165, 1.54) is 23.8 Å². The van der Waals surface area contributed by atoms with E-state index in [4.69, 9.17) is 9.47 Å². The first kappa shape index (κ1) is 18.7. The molecule has 9 heteroatoms. The fourth-order valence-electron chi connectivity index (χ4n) is 2.85. The third-order valence-electron chi connectivity index (χ3n) is 4.10. The maximum atomic E-state index is 12.3. The number of hydrogen-bond acceptors (Lipinski definition) is 7. The van der Waals surface area contributed by atoms with Crippen LogP contribution in [0.1, 0.15) is 29.9 Å². The Morgan fingerprint density at radius 3 is 2.70 bits per heavy atom. The van der Waals surface area contributed by atoms with Crippen LogP contribution >= 0.6 is 0 Å². The van der Waals surface area contributed by atoms with Crippen molar-refractivity contribution in [3.8, 4) is 0 Å². The van der Waals surface area contributed by atoms with Crippen molar-refractivity contribution in [1.82, 2.24) is 9.55 Å². The number of rotatable bonds is 5. The molecular formula is C18H19N3O6. The van der Waals surface area contributed by atoms with E-state index >= 15 is 0 Å². The SMILES string of the molecule is CC(=O)O[C@H]1C[C@@H](n2ccc(NC(=O)c3ccccc3)nc2=O)O[C@@H]1CO. The predicted molar refractivity (Wildman–Crippen MR) is 94.1 cm³/mol. The number of aliphatic hydroxyl groups excluding tert-OH is 1. The summed E-state index contributed by atoms with van der Waals surface area (Å²) in [6.45, 7) is 0.918. The molecule has 1 saturated heterocycles. The Labute approximate surface area is 154 Å². The van der Waals surface area contributed by atoms with Gasteiger partial charge in [-0.15, -0.1) is 0 Å². The highest BCUT2D eigenvalue weighted by molar-refractivity contribution is 6.03. The van der Waals surface area contributed by atoms with Gasteiger partial charge in [0.1, 0.15) is 24.3 Å². The molecule has 3 rings (SSSR count). The van der Waals surface area contributed by atoms with Crippen LogP contribution in [-0.4, -0.2) is 45.3 Å². The number of nitrogens with zero attached hydrogens (tertiary/aromatic N) is 2. The maximum absolute atomic E-state index is 12.3. The number of esters is 1. The summed E-state index contributed by atoms with van der Waals surface area (Å²) in [5.74, 6) is -0.766. The van der Waals surface area contributed by atoms with E-state index in [0.29, 0.717) is 5.56 Å². The first-order chi connectivity index (χ1) is 13.0. The quantitative estimate of drug-likeness (QED) is 0.741. The number of aromatic nitrogens is 2. The van der Waals surface area contributed by atoms with E-state index in [0.717, 1.165) is 0 Å². The lowest BCUT2D eigenvalue weighted by Crippen LogP contribution is -2.29. The predicted octanol–water partition coefficient (Wildman–Crippen LogP) is 0.707. The molecule has 2 heterocycles. The van der Waals surface area contributed by atoms with Crippen molar-refractivity contribution in [3.63, 3.8) is 0 Å². The summed E-state index contributed by atoms with van der Waals surface area (Å²) in [5, 5.41) is 11.9. The fraction of sp³-hybridized carbons (Fsp3) is 0.333. The third-order valence-corrected chi connectivity index (χ3v) is 4.10. The number of carbonyl (C=O) groups is 2. The minimum absolute atomic E-state index is 0.110. The molecular weight excluding hydrogens is 354 g/mol. The molecule has 2 aromatic rings. The Kier molecular flexibility index (Phi) is 5.63. The number of nitrogens with one attached hydrogen (secondary N) is 1. The molecule has 0 aliphatic carbocycles. The zero-order valence-corrected chi connectivity index (χ0v) is 14.6. The Morgan fingerprint density at radius 1 is 1.33 bits per heavy atom. The number of amides is 1. The minimum atomic E-state index is -0.731. The van der Waals surface area contributed by atoms with Gasteiger partial charge in [0.15, 0.2) is 0 Å². The molecule has 1 aromatic carbocycles. The second-order valence-electron chi connectivity index (χ2n) is 6.02. The topological polar surface area (TPSA) is 120 Å². The van der Waals surface area contributed by atoms with Crippen molar-refractivity contribution in [2.45, 2.75) is 31.8 Å². The average Bonchev–Trinajstić information content (AvgIpc) is 3.04. The summed E-state index contributed by atoms with van der Waals surface area (Å²) in [7, 11) is 0. The molecule has 1 aromatic heterocycles. The Morgan fingerprint density at radius 2 is 2.07 bits per heavy atom. The van der Waals surface area contributed by atoms with Gasteiger partial charge in [0.25, 0.3) is 5.91 Å². The van der Waals surface area contributed by atoms with E-state index in [9.17, 15) is 19.5 Å². The van der Waals surface area contributed by atoms with E-state index in [1.54, 1.807) is 30.3 Å². The number of hydrogen-bond donors (Lipinski definition) is 2. The van der Waals surface area contributed by atoms with Gasteiger partial charge in [-0.1, -0.05) is 18.2 Å². The smallest absolute Gasteiger partial charge is 0.351 e. The van der Waals surface area contributed by atoms with E-state index in [-0.39, 0.29) is 24.8 Å². The van der Waals surface area contributed by atoms with Crippen LogP contribution in [0.5, 0.6) is 0 Å². The van der Waals surface area contributed by atoms with Crippen molar-refractivity contribution in [2.75, 3.05) is 11.9 Å². The van der Waals surface area contributed by atoms with Gasteiger partial charge in [0.2, 0.25) is 0 Å². The largest absolute Gasteiger partial charge is 0.460 e. The molecule has 0 saturated carbocycles. The molecule has 1 amide bonds. The minimum Gasteiger partial charge on any atom is -0.460 e. The lowest BCUT2D eigenvalue weighted by molar-refractivity contribution is -0.150. The van der Waals surface area contributed by atoms with Crippen molar-refractivity contribution in [2.24, 2.45) is 0 Å². The van der Waals surface area contributed by atoms with Crippen molar-refractivity contribution in [1.29, 1.82) is 0 Å². The van der Waals surface area contributed by atoms with Gasteiger partial charge in [-0.25, -0.2) is 4.79 Å². The molecule has 1 aliphatic heterocycles. The average molecular weight is 373 g/mol. The summed E-state index contributed by atoms with van der Waals surface area (Å²) in [6.07, 6.45) is -0.455. The van der Waals surface area contributed by atoms with Gasteiger partial charge < -0.3 is 19.9 Å². The monoisotopic (exact) mass is 373 g/mol. The molecule has 0 bridgehead atoms. The van der Waals surface area contributed by atoms with Gasteiger partial charge in [-0.3, -0.25) is 14.2 Å². The van der Waals surface area contributed by atoms with Crippen LogP contribution in [0.4, 0.5) is 5.82 Å². The molecule has 27 heavy (non-hydrogen) atoms. The highest BCUT2D eigenvalue weighted by Gasteiger charge is 2.38. The Balaban J connectivity index is 1.73. The van der Waals surface area contributed by atoms with Gasteiger partial charge >= 0.3 is 11.7 Å². The fourth-order valence-corrected chi connectivity index (χ4v) is 2.85. The summed E-state index contributed by atoms with van der Waals surface area (Å²) in [5.41, 5.74) is -0.191. The summed E-state index contributed by atoms with van der Waals surface area (Å²) in [4.78, 5) is 39.5. The van der Waals surface area contributed by atoms with Gasteiger partial charge in [-0.05, 0) is 18.2 Å². The van der Waals surface area contributed by atoms with E-state index in [2.05, 4.69) is 10.3 Å². The highest BCUT2D eigenvalue weighted by atomic mass is 16.6. The molecule has 1 fully saturated rings. The van der Waals surface area contributed by atoms with Crippen molar-refractivity contribution < 1.29 is 24.2 Å². The van der Waals surface area contributed by atoms with E-state index < -0.39 is 30.1 Å². The maximum Gasteiger partial charge on any atom is 0.351 e. The molecule has 0 radical (unpaired) electrons. The van der Waals surface area contributed by atoms with Crippen LogP contribution in [0, 0.1) is 0 Å². The third kappa shape index (κ3) is 4.39. The summed E-state index contributed by atoms with van der Waals surface area (Å²) >= 11 is 0. The summed E-state index contributed by atoms with van der Waals surface area (Å²) in [6, 6.07) is 10.0. The number of aliphatic hydroxyl groups is 1. The number of carbonyl (C=O) groups excluding carboxylic acids is 2. The normalized spacial score (nSPS) is 21.6. The number of ether oxygens (including phenoxy) is 2. The van der Waals surface area contributed by atoms with Crippen LogP contribution in [0.3, 0.4) is 0 Å².